The molecule has 0 saturated heterocycles. The number of hydrogen-bond donors (Lipinski definition) is 1. The Bertz CT molecular complexity index is 1550. The zero-order valence-corrected chi connectivity index (χ0v) is 19.5. The summed E-state index contributed by atoms with van der Waals surface area (Å²) in [6.07, 6.45) is 0. The van der Waals surface area contributed by atoms with Crippen molar-refractivity contribution >= 4 is 44.4 Å². The van der Waals surface area contributed by atoms with Gasteiger partial charge in [0.1, 0.15) is 0 Å². The molecule has 6 aromatic rings. The first-order valence-corrected chi connectivity index (χ1v) is 11.8. The average Bonchev–Trinajstić information content (AvgIpc) is 3.23. The predicted octanol–water partition coefficient (Wildman–Crippen LogP) is 8.93. The molecular weight excluding hydrogens is 501 g/mol. The normalized spacial score (nSPS) is 11.3. The first kappa shape index (κ1) is 19.3. The summed E-state index contributed by atoms with van der Waals surface area (Å²) < 4.78 is 1.24. The van der Waals surface area contributed by atoms with Gasteiger partial charge in [-0.2, -0.15) is 0 Å². The molecule has 0 aliphatic heterocycles. The molecule has 0 unspecified atom stereocenters. The first-order valence-electron chi connectivity index (χ1n) is 10.7. The monoisotopic (exact) mass is 521 g/mol. The Morgan fingerprint density at radius 1 is 0.469 bits per heavy atom. The van der Waals surface area contributed by atoms with Crippen molar-refractivity contribution < 1.29 is 0 Å². The Morgan fingerprint density at radius 2 is 1.06 bits per heavy atom. The number of nitrogens with one attached hydrogen (secondary N) is 1. The van der Waals surface area contributed by atoms with Crippen molar-refractivity contribution in [2.45, 2.75) is 0 Å². The molecule has 0 fully saturated rings. The Morgan fingerprint density at radius 3 is 1.75 bits per heavy atom. The van der Waals surface area contributed by atoms with Crippen LogP contribution < -0.4 is 0 Å². The minimum atomic E-state index is 1.16. The molecule has 1 N–H and O–H groups in total. The highest BCUT2D eigenvalue weighted by Crippen LogP contribution is 2.38. The third-order valence-electron chi connectivity index (χ3n) is 6.08. The van der Waals surface area contributed by atoms with E-state index in [2.05, 4.69) is 143 Å². The molecule has 0 radical (unpaired) electrons. The van der Waals surface area contributed by atoms with Crippen molar-refractivity contribution in [1.29, 1.82) is 0 Å². The number of aromatic amines is 1. The maximum atomic E-state index is 3.72. The van der Waals surface area contributed by atoms with E-state index >= 15 is 0 Å². The Labute approximate surface area is 200 Å². The molecule has 0 aliphatic rings. The number of halogens is 1. The summed E-state index contributed by atoms with van der Waals surface area (Å²) in [7, 11) is 0. The summed E-state index contributed by atoms with van der Waals surface area (Å²) in [6.45, 7) is 0. The van der Waals surface area contributed by atoms with Gasteiger partial charge in [0.05, 0.1) is 5.52 Å². The Balaban J connectivity index is 1.66. The highest BCUT2D eigenvalue weighted by molar-refractivity contribution is 14.1. The van der Waals surface area contributed by atoms with E-state index in [0.29, 0.717) is 0 Å². The molecule has 152 valence electrons. The van der Waals surface area contributed by atoms with E-state index in [4.69, 9.17) is 0 Å². The van der Waals surface area contributed by atoms with Crippen molar-refractivity contribution in [3.05, 3.63) is 119 Å². The molecule has 6 rings (SSSR count). The van der Waals surface area contributed by atoms with Crippen molar-refractivity contribution in [3.63, 3.8) is 0 Å². The molecule has 5 aromatic carbocycles. The third kappa shape index (κ3) is 3.41. The van der Waals surface area contributed by atoms with E-state index in [0.717, 1.165) is 5.52 Å². The van der Waals surface area contributed by atoms with Crippen LogP contribution in [0.4, 0.5) is 0 Å². The van der Waals surface area contributed by atoms with E-state index in [1.165, 1.54) is 53.2 Å². The van der Waals surface area contributed by atoms with Gasteiger partial charge in [0.25, 0.3) is 0 Å². The second-order valence-electron chi connectivity index (χ2n) is 8.07. The Hall–Kier alpha value is -3.37. The summed E-state index contributed by atoms with van der Waals surface area (Å²) >= 11 is 2.36. The molecule has 1 aromatic heterocycles. The van der Waals surface area contributed by atoms with Crippen molar-refractivity contribution in [3.8, 4) is 33.4 Å². The van der Waals surface area contributed by atoms with Crippen LogP contribution in [0, 0.1) is 3.57 Å². The largest absolute Gasteiger partial charge is 0.354 e. The molecule has 0 spiro atoms. The lowest BCUT2D eigenvalue weighted by molar-refractivity contribution is 1.52. The maximum absolute atomic E-state index is 3.72. The van der Waals surface area contributed by atoms with Crippen LogP contribution in [-0.2, 0) is 0 Å². The zero-order chi connectivity index (χ0) is 21.5. The quantitative estimate of drug-likeness (QED) is 0.224. The topological polar surface area (TPSA) is 15.8 Å². The lowest BCUT2D eigenvalue weighted by Gasteiger charge is -2.09. The third-order valence-corrected chi connectivity index (χ3v) is 6.80. The van der Waals surface area contributed by atoms with E-state index in [1.807, 2.05) is 0 Å². The van der Waals surface area contributed by atoms with Gasteiger partial charge < -0.3 is 4.98 Å². The first-order chi connectivity index (χ1) is 15.8. The van der Waals surface area contributed by atoms with Crippen LogP contribution in [0.5, 0.6) is 0 Å². The number of fused-ring (bicyclic) bond motifs is 3. The summed E-state index contributed by atoms with van der Waals surface area (Å²) in [5, 5.41) is 2.51. The standard InChI is InChI=1S/C30H20IN/c31-25-14-11-22(12-15-25)26-18-24(21-9-5-2-6-10-21)19-28-27-17-23(20-7-3-1-4-8-20)13-16-29(27)32-30(26)28/h1-19,32H. The van der Waals surface area contributed by atoms with Crippen LogP contribution in [0.1, 0.15) is 0 Å². The summed E-state index contributed by atoms with van der Waals surface area (Å²) in [5.74, 6) is 0. The fourth-order valence-corrected chi connectivity index (χ4v) is 4.82. The van der Waals surface area contributed by atoms with Gasteiger partial charge in [-0.3, -0.25) is 0 Å². The smallest absolute Gasteiger partial charge is 0.0544 e. The zero-order valence-electron chi connectivity index (χ0n) is 17.3. The van der Waals surface area contributed by atoms with Gasteiger partial charge in [-0.25, -0.2) is 0 Å². The van der Waals surface area contributed by atoms with Gasteiger partial charge in [0.2, 0.25) is 0 Å². The lowest BCUT2D eigenvalue weighted by atomic mass is 9.95. The van der Waals surface area contributed by atoms with Gasteiger partial charge in [0.15, 0.2) is 0 Å². The Kier molecular flexibility index (Phi) is 4.80. The molecule has 0 atom stereocenters. The number of rotatable bonds is 3. The summed E-state index contributed by atoms with van der Waals surface area (Å²) in [5.41, 5.74) is 9.74. The maximum Gasteiger partial charge on any atom is 0.0544 e. The highest BCUT2D eigenvalue weighted by atomic mass is 127. The molecule has 0 aliphatic carbocycles. The summed E-state index contributed by atoms with van der Waals surface area (Å²) in [4.78, 5) is 3.72. The minimum Gasteiger partial charge on any atom is -0.354 e. The molecular formula is C30H20IN. The van der Waals surface area contributed by atoms with E-state index < -0.39 is 0 Å². The van der Waals surface area contributed by atoms with E-state index in [9.17, 15) is 0 Å². The van der Waals surface area contributed by atoms with Crippen molar-refractivity contribution in [2.24, 2.45) is 0 Å². The van der Waals surface area contributed by atoms with Crippen LogP contribution >= 0.6 is 22.6 Å². The van der Waals surface area contributed by atoms with E-state index in [-0.39, 0.29) is 0 Å². The lowest BCUT2D eigenvalue weighted by Crippen LogP contribution is -1.85. The van der Waals surface area contributed by atoms with Crippen LogP contribution in [0.3, 0.4) is 0 Å². The van der Waals surface area contributed by atoms with Gasteiger partial charge in [-0.05, 0) is 86.8 Å². The van der Waals surface area contributed by atoms with Crippen LogP contribution in [0.25, 0.3) is 55.2 Å². The average molecular weight is 521 g/mol. The number of H-pyrrole nitrogens is 1. The second kappa shape index (κ2) is 7.95. The highest BCUT2D eigenvalue weighted by Gasteiger charge is 2.14. The number of benzene rings is 5. The van der Waals surface area contributed by atoms with Crippen LogP contribution in [-0.4, -0.2) is 4.98 Å². The molecule has 32 heavy (non-hydrogen) atoms. The number of hydrogen-bond acceptors (Lipinski definition) is 0. The van der Waals surface area contributed by atoms with Gasteiger partial charge in [0, 0.05) is 25.4 Å². The summed E-state index contributed by atoms with van der Waals surface area (Å²) in [6, 6.07) is 41.4. The molecule has 1 nitrogen and oxygen atoms in total. The van der Waals surface area contributed by atoms with Gasteiger partial charge in [-0.1, -0.05) is 78.9 Å². The fourth-order valence-electron chi connectivity index (χ4n) is 4.46. The molecule has 0 amide bonds. The minimum absolute atomic E-state index is 1.16. The van der Waals surface area contributed by atoms with Crippen molar-refractivity contribution in [2.75, 3.05) is 0 Å². The molecule has 0 bridgehead atoms. The van der Waals surface area contributed by atoms with Gasteiger partial charge >= 0.3 is 0 Å². The van der Waals surface area contributed by atoms with Gasteiger partial charge in [-0.15, -0.1) is 0 Å². The van der Waals surface area contributed by atoms with Crippen LogP contribution in [0.2, 0.25) is 0 Å². The molecule has 1 heterocycles. The SMILES string of the molecule is Ic1ccc(-c2cc(-c3ccccc3)cc3c2[nH]c2ccc(-c4ccccc4)cc23)cc1. The second-order valence-corrected chi connectivity index (χ2v) is 9.32. The van der Waals surface area contributed by atoms with E-state index in [1.54, 1.807) is 0 Å². The predicted molar refractivity (Wildman–Crippen MR) is 145 cm³/mol. The molecule has 0 saturated carbocycles. The van der Waals surface area contributed by atoms with Crippen LogP contribution in [0.15, 0.2) is 115 Å². The molecule has 2 heteroatoms. The number of aromatic nitrogens is 1. The van der Waals surface area contributed by atoms with Crippen molar-refractivity contribution in [1.82, 2.24) is 4.98 Å². The fraction of sp³-hybridized carbons (Fsp3) is 0.